The summed E-state index contributed by atoms with van der Waals surface area (Å²) in [4.78, 5) is 0. The molecule has 0 saturated carbocycles. The standard InChI is InChI=1S/C12H12BrN3O/c13-12-10-4-5-14-7-11(10)16(15-12)8-2-1-3-9(17)6-8/h1-3,6,14,17H,4-5,7H2. The molecular weight excluding hydrogens is 282 g/mol. The molecule has 0 bridgehead atoms. The Kier molecular flexibility index (Phi) is 2.64. The minimum absolute atomic E-state index is 0.256. The number of benzene rings is 1. The van der Waals surface area contributed by atoms with E-state index in [4.69, 9.17) is 0 Å². The quantitative estimate of drug-likeness (QED) is 0.845. The predicted octanol–water partition coefficient (Wildman–Crippen LogP) is 1.99. The topological polar surface area (TPSA) is 50.1 Å². The van der Waals surface area contributed by atoms with Gasteiger partial charge in [0.15, 0.2) is 0 Å². The van der Waals surface area contributed by atoms with E-state index < -0.39 is 0 Å². The summed E-state index contributed by atoms with van der Waals surface area (Å²) >= 11 is 3.50. The van der Waals surface area contributed by atoms with Crippen molar-refractivity contribution in [2.45, 2.75) is 13.0 Å². The van der Waals surface area contributed by atoms with E-state index in [1.54, 1.807) is 12.1 Å². The average molecular weight is 294 g/mol. The third-order valence-electron chi connectivity index (χ3n) is 2.96. The zero-order chi connectivity index (χ0) is 11.8. The molecule has 0 amide bonds. The van der Waals surface area contributed by atoms with E-state index in [1.807, 2.05) is 16.8 Å². The summed E-state index contributed by atoms with van der Waals surface area (Å²) < 4.78 is 2.78. The second-order valence-corrected chi connectivity index (χ2v) is 4.83. The highest BCUT2D eigenvalue weighted by Crippen LogP contribution is 2.26. The first-order valence-electron chi connectivity index (χ1n) is 5.52. The fraction of sp³-hybridized carbons (Fsp3) is 0.250. The zero-order valence-corrected chi connectivity index (χ0v) is 10.7. The van der Waals surface area contributed by atoms with Crippen LogP contribution in [0.3, 0.4) is 0 Å². The highest BCUT2D eigenvalue weighted by molar-refractivity contribution is 9.10. The van der Waals surface area contributed by atoms with E-state index in [2.05, 4.69) is 26.3 Å². The first-order chi connectivity index (χ1) is 8.25. The molecule has 0 unspecified atom stereocenters. The van der Waals surface area contributed by atoms with Crippen LogP contribution in [0.4, 0.5) is 0 Å². The van der Waals surface area contributed by atoms with Crippen LogP contribution in [0, 0.1) is 0 Å². The lowest BCUT2D eigenvalue weighted by Gasteiger charge is -2.15. The van der Waals surface area contributed by atoms with Crippen LogP contribution in [-0.2, 0) is 13.0 Å². The highest BCUT2D eigenvalue weighted by atomic mass is 79.9. The van der Waals surface area contributed by atoms with Gasteiger partial charge in [-0.05, 0) is 41.0 Å². The smallest absolute Gasteiger partial charge is 0.132 e. The molecule has 3 rings (SSSR count). The molecule has 5 heteroatoms. The van der Waals surface area contributed by atoms with E-state index in [1.165, 1.54) is 5.56 Å². The number of nitrogens with zero attached hydrogens (tertiary/aromatic N) is 2. The van der Waals surface area contributed by atoms with Crippen molar-refractivity contribution in [3.8, 4) is 11.4 Å². The Bertz CT molecular complexity index is 565. The predicted molar refractivity (Wildman–Crippen MR) is 68.3 cm³/mol. The highest BCUT2D eigenvalue weighted by Gasteiger charge is 2.19. The van der Waals surface area contributed by atoms with Gasteiger partial charge in [-0.1, -0.05) is 6.07 Å². The number of halogens is 1. The third kappa shape index (κ3) is 1.85. The summed E-state index contributed by atoms with van der Waals surface area (Å²) in [5, 5.41) is 17.3. The van der Waals surface area contributed by atoms with E-state index in [0.29, 0.717) is 0 Å². The van der Waals surface area contributed by atoms with Gasteiger partial charge in [-0.3, -0.25) is 0 Å². The number of phenols is 1. The number of rotatable bonds is 1. The Morgan fingerprint density at radius 2 is 2.29 bits per heavy atom. The van der Waals surface area contributed by atoms with Crippen molar-refractivity contribution in [1.82, 2.24) is 15.1 Å². The molecule has 0 spiro atoms. The van der Waals surface area contributed by atoms with Crippen LogP contribution in [0.2, 0.25) is 0 Å². The van der Waals surface area contributed by atoms with Crippen molar-refractivity contribution < 1.29 is 5.11 Å². The van der Waals surface area contributed by atoms with Gasteiger partial charge in [0, 0.05) is 18.2 Å². The molecule has 88 valence electrons. The molecule has 17 heavy (non-hydrogen) atoms. The minimum atomic E-state index is 0.256. The molecular formula is C12H12BrN3O. The van der Waals surface area contributed by atoms with Gasteiger partial charge in [0.1, 0.15) is 10.4 Å². The zero-order valence-electron chi connectivity index (χ0n) is 9.15. The molecule has 1 aliphatic heterocycles. The van der Waals surface area contributed by atoms with E-state index in [-0.39, 0.29) is 5.75 Å². The van der Waals surface area contributed by atoms with Gasteiger partial charge in [0.2, 0.25) is 0 Å². The molecule has 0 atom stereocenters. The SMILES string of the molecule is Oc1cccc(-n2nc(Br)c3c2CNCC3)c1. The largest absolute Gasteiger partial charge is 0.508 e. The van der Waals surface area contributed by atoms with Crippen molar-refractivity contribution >= 4 is 15.9 Å². The molecule has 4 nitrogen and oxygen atoms in total. The monoisotopic (exact) mass is 293 g/mol. The molecule has 2 N–H and O–H groups in total. The van der Waals surface area contributed by atoms with Crippen LogP contribution in [0.5, 0.6) is 5.75 Å². The molecule has 1 aromatic heterocycles. The first-order valence-corrected chi connectivity index (χ1v) is 6.31. The Hall–Kier alpha value is -1.33. The first kappa shape index (κ1) is 10.8. The molecule has 0 fully saturated rings. The molecule has 0 saturated heterocycles. The average Bonchev–Trinajstić information content (AvgIpc) is 2.68. The normalized spacial score (nSPS) is 14.6. The summed E-state index contributed by atoms with van der Waals surface area (Å²) in [6.45, 7) is 1.79. The van der Waals surface area contributed by atoms with Crippen molar-refractivity contribution in [3.05, 3.63) is 40.1 Å². The van der Waals surface area contributed by atoms with E-state index in [9.17, 15) is 5.11 Å². The number of hydrogen-bond donors (Lipinski definition) is 2. The summed E-state index contributed by atoms with van der Waals surface area (Å²) in [6, 6.07) is 7.14. The number of hydrogen-bond acceptors (Lipinski definition) is 3. The number of aromatic hydroxyl groups is 1. The summed E-state index contributed by atoms with van der Waals surface area (Å²) in [6.07, 6.45) is 0.981. The lowest BCUT2D eigenvalue weighted by molar-refractivity contribution is 0.474. The maximum absolute atomic E-state index is 9.52. The second-order valence-electron chi connectivity index (χ2n) is 4.07. The number of aromatic nitrogens is 2. The maximum atomic E-state index is 9.52. The minimum Gasteiger partial charge on any atom is -0.508 e. The lowest BCUT2D eigenvalue weighted by Crippen LogP contribution is -2.25. The third-order valence-corrected chi connectivity index (χ3v) is 3.60. The summed E-state index contributed by atoms with van der Waals surface area (Å²) in [7, 11) is 0. The van der Waals surface area contributed by atoms with Crippen molar-refractivity contribution in [1.29, 1.82) is 0 Å². The van der Waals surface area contributed by atoms with Crippen molar-refractivity contribution in [3.63, 3.8) is 0 Å². The Morgan fingerprint density at radius 3 is 3.12 bits per heavy atom. The van der Waals surface area contributed by atoms with E-state index >= 15 is 0 Å². The van der Waals surface area contributed by atoms with Gasteiger partial charge in [-0.25, -0.2) is 4.68 Å². The molecule has 0 radical (unpaired) electrons. The molecule has 2 aromatic rings. The number of phenolic OH excluding ortho intramolecular Hbond substituents is 1. The molecule has 1 aromatic carbocycles. The Labute approximate surface area is 107 Å². The van der Waals surface area contributed by atoms with Crippen LogP contribution < -0.4 is 5.32 Å². The van der Waals surface area contributed by atoms with Gasteiger partial charge in [-0.2, -0.15) is 5.10 Å². The van der Waals surface area contributed by atoms with Crippen LogP contribution in [0.1, 0.15) is 11.3 Å². The lowest BCUT2D eigenvalue weighted by atomic mass is 10.1. The Balaban J connectivity index is 2.15. The van der Waals surface area contributed by atoms with Gasteiger partial charge in [0.05, 0.1) is 11.4 Å². The maximum Gasteiger partial charge on any atom is 0.132 e. The summed E-state index contributed by atoms with van der Waals surface area (Å²) in [5.41, 5.74) is 3.30. The second kappa shape index (κ2) is 4.16. The summed E-state index contributed by atoms with van der Waals surface area (Å²) in [5.74, 6) is 0.256. The van der Waals surface area contributed by atoms with Crippen molar-refractivity contribution in [2.75, 3.05) is 6.54 Å². The van der Waals surface area contributed by atoms with Crippen molar-refractivity contribution in [2.24, 2.45) is 0 Å². The number of nitrogens with one attached hydrogen (secondary N) is 1. The molecule has 1 aliphatic rings. The van der Waals surface area contributed by atoms with Gasteiger partial charge >= 0.3 is 0 Å². The van der Waals surface area contributed by atoms with Crippen LogP contribution in [-0.4, -0.2) is 21.4 Å². The van der Waals surface area contributed by atoms with Gasteiger partial charge < -0.3 is 10.4 Å². The fourth-order valence-corrected chi connectivity index (χ4v) is 2.73. The van der Waals surface area contributed by atoms with Gasteiger partial charge in [-0.15, -0.1) is 0 Å². The molecule has 0 aliphatic carbocycles. The van der Waals surface area contributed by atoms with Gasteiger partial charge in [0.25, 0.3) is 0 Å². The van der Waals surface area contributed by atoms with Crippen LogP contribution in [0.25, 0.3) is 5.69 Å². The number of fused-ring (bicyclic) bond motifs is 1. The molecule has 2 heterocycles. The Morgan fingerprint density at radius 1 is 1.41 bits per heavy atom. The van der Waals surface area contributed by atoms with Crippen LogP contribution >= 0.6 is 15.9 Å². The van der Waals surface area contributed by atoms with Crippen LogP contribution in [0.15, 0.2) is 28.9 Å². The van der Waals surface area contributed by atoms with E-state index in [0.717, 1.165) is 35.5 Å². The fourth-order valence-electron chi connectivity index (χ4n) is 2.14.